The number of rotatable bonds is 4. The van der Waals surface area contributed by atoms with E-state index >= 15 is 0 Å². The van der Waals surface area contributed by atoms with E-state index in [1.54, 1.807) is 11.3 Å². The van der Waals surface area contributed by atoms with Gasteiger partial charge in [-0.05, 0) is 19.3 Å². The predicted octanol–water partition coefficient (Wildman–Crippen LogP) is 2.94. The molecule has 0 bridgehead atoms. The third-order valence-corrected chi connectivity index (χ3v) is 4.01. The van der Waals surface area contributed by atoms with E-state index in [4.69, 9.17) is 0 Å². The molecule has 0 saturated heterocycles. The SMILES string of the molecule is Cc1nc(CC(O)CC2CCCC2)cs1. The summed E-state index contributed by atoms with van der Waals surface area (Å²) < 4.78 is 0. The molecule has 1 aromatic heterocycles. The van der Waals surface area contributed by atoms with Gasteiger partial charge < -0.3 is 5.11 Å². The highest BCUT2D eigenvalue weighted by molar-refractivity contribution is 7.09. The van der Waals surface area contributed by atoms with E-state index in [2.05, 4.69) is 10.4 Å². The maximum atomic E-state index is 9.94. The highest BCUT2D eigenvalue weighted by Gasteiger charge is 2.19. The predicted molar refractivity (Wildman–Crippen MR) is 63.1 cm³/mol. The molecule has 1 aliphatic carbocycles. The van der Waals surface area contributed by atoms with Crippen LogP contribution in [0, 0.1) is 12.8 Å². The molecule has 2 nitrogen and oxygen atoms in total. The Bertz CT molecular complexity index is 304. The van der Waals surface area contributed by atoms with Crippen LogP contribution in [-0.4, -0.2) is 16.2 Å². The molecule has 2 rings (SSSR count). The van der Waals surface area contributed by atoms with Crippen LogP contribution in [0.3, 0.4) is 0 Å². The first-order valence-corrected chi connectivity index (χ1v) is 6.71. The van der Waals surface area contributed by atoms with Gasteiger partial charge in [-0.15, -0.1) is 11.3 Å². The second-order valence-electron chi connectivity index (χ2n) is 4.60. The molecule has 1 aliphatic rings. The van der Waals surface area contributed by atoms with Crippen LogP contribution in [0.4, 0.5) is 0 Å². The van der Waals surface area contributed by atoms with Gasteiger partial charge in [0.2, 0.25) is 0 Å². The fourth-order valence-electron chi connectivity index (χ4n) is 2.46. The van der Waals surface area contributed by atoms with E-state index in [0.29, 0.717) is 0 Å². The zero-order valence-corrected chi connectivity index (χ0v) is 10.1. The van der Waals surface area contributed by atoms with E-state index in [1.165, 1.54) is 25.7 Å². The average molecular weight is 225 g/mol. The first kappa shape index (κ1) is 11.1. The Balaban J connectivity index is 1.78. The molecule has 3 heteroatoms. The van der Waals surface area contributed by atoms with Crippen molar-refractivity contribution in [1.82, 2.24) is 4.98 Å². The van der Waals surface area contributed by atoms with Gasteiger partial charge in [0.15, 0.2) is 0 Å². The molecule has 1 fully saturated rings. The lowest BCUT2D eigenvalue weighted by Crippen LogP contribution is -2.14. The lowest BCUT2D eigenvalue weighted by Gasteiger charge is -2.13. The van der Waals surface area contributed by atoms with Crippen LogP contribution in [-0.2, 0) is 6.42 Å². The maximum Gasteiger partial charge on any atom is 0.0897 e. The molecule has 1 saturated carbocycles. The van der Waals surface area contributed by atoms with Crippen molar-refractivity contribution in [2.24, 2.45) is 5.92 Å². The maximum absolute atomic E-state index is 9.94. The van der Waals surface area contributed by atoms with E-state index in [1.807, 2.05) is 6.92 Å². The van der Waals surface area contributed by atoms with Crippen molar-refractivity contribution in [2.75, 3.05) is 0 Å². The van der Waals surface area contributed by atoms with Crippen molar-refractivity contribution in [3.8, 4) is 0 Å². The van der Waals surface area contributed by atoms with Gasteiger partial charge in [-0.25, -0.2) is 4.98 Å². The number of hydrogen-bond acceptors (Lipinski definition) is 3. The standard InChI is InChI=1S/C12H19NOS/c1-9-13-11(8-15-9)7-12(14)6-10-4-2-3-5-10/h8,10,12,14H,2-7H2,1H3. The summed E-state index contributed by atoms with van der Waals surface area (Å²) in [5, 5.41) is 13.1. The topological polar surface area (TPSA) is 33.1 Å². The monoisotopic (exact) mass is 225 g/mol. The summed E-state index contributed by atoms with van der Waals surface area (Å²) in [6.07, 6.45) is 6.85. The summed E-state index contributed by atoms with van der Waals surface area (Å²) in [6.45, 7) is 2.01. The summed E-state index contributed by atoms with van der Waals surface area (Å²) >= 11 is 1.67. The quantitative estimate of drug-likeness (QED) is 0.854. The molecule has 84 valence electrons. The Labute approximate surface area is 95.4 Å². The number of nitrogens with zero attached hydrogens (tertiary/aromatic N) is 1. The Morgan fingerprint density at radius 2 is 2.27 bits per heavy atom. The number of aliphatic hydroxyl groups is 1. The van der Waals surface area contributed by atoms with E-state index in [-0.39, 0.29) is 6.10 Å². The highest BCUT2D eigenvalue weighted by atomic mass is 32.1. The molecule has 0 amide bonds. The minimum atomic E-state index is -0.186. The lowest BCUT2D eigenvalue weighted by molar-refractivity contribution is 0.142. The first-order valence-electron chi connectivity index (χ1n) is 5.83. The van der Waals surface area contributed by atoms with E-state index in [9.17, 15) is 5.11 Å². The second kappa shape index (κ2) is 5.08. The number of aliphatic hydroxyl groups excluding tert-OH is 1. The molecular formula is C12H19NOS. The molecule has 0 spiro atoms. The number of aryl methyl sites for hydroxylation is 1. The first-order chi connectivity index (χ1) is 7.24. The molecule has 0 radical (unpaired) electrons. The number of hydrogen-bond donors (Lipinski definition) is 1. The normalized spacial score (nSPS) is 19.6. The van der Waals surface area contributed by atoms with Crippen LogP contribution in [0.2, 0.25) is 0 Å². The minimum absolute atomic E-state index is 0.186. The minimum Gasteiger partial charge on any atom is -0.393 e. The zero-order valence-electron chi connectivity index (χ0n) is 9.28. The van der Waals surface area contributed by atoms with Crippen LogP contribution >= 0.6 is 11.3 Å². The van der Waals surface area contributed by atoms with Crippen molar-refractivity contribution in [3.05, 3.63) is 16.1 Å². The molecule has 0 aromatic carbocycles. The van der Waals surface area contributed by atoms with Crippen molar-refractivity contribution in [2.45, 2.75) is 51.6 Å². The van der Waals surface area contributed by atoms with Gasteiger partial charge >= 0.3 is 0 Å². The van der Waals surface area contributed by atoms with Gasteiger partial charge in [0, 0.05) is 11.8 Å². The van der Waals surface area contributed by atoms with Crippen LogP contribution < -0.4 is 0 Å². The van der Waals surface area contributed by atoms with Crippen LogP contribution in [0.25, 0.3) is 0 Å². The molecule has 0 aliphatic heterocycles. The molecule has 1 unspecified atom stereocenters. The van der Waals surface area contributed by atoms with Gasteiger partial charge in [-0.3, -0.25) is 0 Å². The Hall–Kier alpha value is -0.410. The second-order valence-corrected chi connectivity index (χ2v) is 5.66. The summed E-state index contributed by atoms with van der Waals surface area (Å²) in [7, 11) is 0. The molecule has 1 N–H and O–H groups in total. The molecule has 1 heterocycles. The largest absolute Gasteiger partial charge is 0.393 e. The molecule has 15 heavy (non-hydrogen) atoms. The fraction of sp³-hybridized carbons (Fsp3) is 0.750. The molecular weight excluding hydrogens is 206 g/mol. The van der Waals surface area contributed by atoms with Gasteiger partial charge in [0.05, 0.1) is 16.8 Å². The Kier molecular flexibility index (Phi) is 3.76. The summed E-state index contributed by atoms with van der Waals surface area (Å²) in [6, 6.07) is 0. The Morgan fingerprint density at radius 1 is 1.53 bits per heavy atom. The van der Waals surface area contributed by atoms with Crippen molar-refractivity contribution in [3.63, 3.8) is 0 Å². The van der Waals surface area contributed by atoms with Crippen molar-refractivity contribution in [1.29, 1.82) is 0 Å². The highest BCUT2D eigenvalue weighted by Crippen LogP contribution is 2.29. The number of aromatic nitrogens is 1. The summed E-state index contributed by atoms with van der Waals surface area (Å²) in [5.74, 6) is 0.764. The smallest absolute Gasteiger partial charge is 0.0897 e. The zero-order chi connectivity index (χ0) is 10.7. The third kappa shape index (κ3) is 3.28. The van der Waals surface area contributed by atoms with Crippen LogP contribution in [0.15, 0.2) is 5.38 Å². The van der Waals surface area contributed by atoms with Crippen LogP contribution in [0.1, 0.15) is 42.8 Å². The van der Waals surface area contributed by atoms with Gasteiger partial charge in [0.25, 0.3) is 0 Å². The fourth-order valence-corrected chi connectivity index (χ4v) is 3.08. The summed E-state index contributed by atoms with van der Waals surface area (Å²) in [5.41, 5.74) is 1.06. The Morgan fingerprint density at radius 3 is 2.87 bits per heavy atom. The average Bonchev–Trinajstić information content (AvgIpc) is 2.77. The molecule has 1 atom stereocenters. The lowest BCUT2D eigenvalue weighted by atomic mass is 9.98. The van der Waals surface area contributed by atoms with Gasteiger partial charge in [-0.1, -0.05) is 25.7 Å². The number of thiazole rings is 1. The molecule has 1 aromatic rings. The van der Waals surface area contributed by atoms with Crippen molar-refractivity contribution >= 4 is 11.3 Å². The van der Waals surface area contributed by atoms with E-state index in [0.717, 1.165) is 29.5 Å². The van der Waals surface area contributed by atoms with E-state index < -0.39 is 0 Å². The van der Waals surface area contributed by atoms with Crippen molar-refractivity contribution < 1.29 is 5.11 Å². The van der Waals surface area contributed by atoms with Gasteiger partial charge in [-0.2, -0.15) is 0 Å². The summed E-state index contributed by atoms with van der Waals surface area (Å²) in [4.78, 5) is 4.38. The van der Waals surface area contributed by atoms with Gasteiger partial charge in [0.1, 0.15) is 0 Å². The third-order valence-electron chi connectivity index (χ3n) is 3.19. The van der Waals surface area contributed by atoms with Crippen LogP contribution in [0.5, 0.6) is 0 Å².